The first-order chi connectivity index (χ1) is 4.42. The summed E-state index contributed by atoms with van der Waals surface area (Å²) in [7, 11) is 0. The van der Waals surface area contributed by atoms with E-state index >= 15 is 0 Å². The Labute approximate surface area is 81.1 Å². The predicted octanol–water partition coefficient (Wildman–Crippen LogP) is 2.14. The molecule has 3 heteroatoms. The molecular formula is C8H16O2Zn. The first-order valence-corrected chi connectivity index (χ1v) is 3.66. The topological polar surface area (TPSA) is 37.3 Å². The minimum Gasteiger partial charge on any atom is -0.481 e. The molecule has 0 rings (SSSR count). The van der Waals surface area contributed by atoms with Gasteiger partial charge in [0.05, 0.1) is 5.41 Å². The second kappa shape index (κ2) is 4.87. The average Bonchev–Trinajstić information content (AvgIpc) is 1.86. The van der Waals surface area contributed by atoms with Crippen LogP contribution in [0, 0.1) is 11.3 Å². The van der Waals surface area contributed by atoms with Crippen molar-refractivity contribution in [3.05, 3.63) is 0 Å². The summed E-state index contributed by atoms with van der Waals surface area (Å²) in [5, 5.41) is 8.74. The maximum atomic E-state index is 10.6. The third-order valence-electron chi connectivity index (χ3n) is 2.40. The number of hydrogen-bond donors (Lipinski definition) is 1. The van der Waals surface area contributed by atoms with Crippen molar-refractivity contribution in [3.63, 3.8) is 0 Å². The smallest absolute Gasteiger partial charge is 0.309 e. The van der Waals surface area contributed by atoms with Gasteiger partial charge in [-0.2, -0.15) is 0 Å². The zero-order valence-corrected chi connectivity index (χ0v) is 10.8. The van der Waals surface area contributed by atoms with Crippen LogP contribution < -0.4 is 0 Å². The van der Waals surface area contributed by atoms with Gasteiger partial charge in [-0.3, -0.25) is 4.79 Å². The Kier molecular flexibility index (Phi) is 6.05. The van der Waals surface area contributed by atoms with Gasteiger partial charge in [0.2, 0.25) is 0 Å². The van der Waals surface area contributed by atoms with Crippen molar-refractivity contribution in [2.45, 2.75) is 34.1 Å². The molecule has 62 valence electrons. The molecule has 1 N–H and O–H groups in total. The zero-order valence-electron chi connectivity index (χ0n) is 7.85. The molecule has 2 nitrogen and oxygen atoms in total. The van der Waals surface area contributed by atoms with Crippen LogP contribution in [0.4, 0.5) is 0 Å². The molecule has 1 atom stereocenters. The van der Waals surface area contributed by atoms with Crippen LogP contribution in [0.3, 0.4) is 0 Å². The van der Waals surface area contributed by atoms with Crippen LogP contribution in [0.1, 0.15) is 34.1 Å². The normalized spacial score (nSPS) is 13.5. The van der Waals surface area contributed by atoms with Gasteiger partial charge < -0.3 is 5.11 Å². The molecule has 1 unspecified atom stereocenters. The summed E-state index contributed by atoms with van der Waals surface area (Å²) in [4.78, 5) is 10.6. The molecule has 0 radical (unpaired) electrons. The zero-order chi connectivity index (χ0) is 8.36. The molecule has 0 saturated heterocycles. The molecule has 0 spiro atoms. The number of carboxylic acids is 1. The van der Waals surface area contributed by atoms with E-state index in [0.29, 0.717) is 0 Å². The van der Waals surface area contributed by atoms with Crippen LogP contribution in [0.5, 0.6) is 0 Å². The summed E-state index contributed by atoms with van der Waals surface area (Å²) in [6.07, 6.45) is 0.916. The Morgan fingerprint density at radius 2 is 1.91 bits per heavy atom. The third kappa shape index (κ3) is 3.33. The summed E-state index contributed by atoms with van der Waals surface area (Å²) in [6, 6.07) is 0. The van der Waals surface area contributed by atoms with E-state index in [4.69, 9.17) is 5.11 Å². The summed E-state index contributed by atoms with van der Waals surface area (Å²) < 4.78 is 0. The van der Waals surface area contributed by atoms with E-state index in [-0.39, 0.29) is 25.4 Å². The van der Waals surface area contributed by atoms with E-state index in [1.54, 1.807) is 13.8 Å². The van der Waals surface area contributed by atoms with Crippen molar-refractivity contribution in [1.82, 2.24) is 0 Å². The molecule has 0 aromatic rings. The van der Waals surface area contributed by atoms with Crippen molar-refractivity contribution in [1.29, 1.82) is 0 Å². The Balaban J connectivity index is 0. The van der Waals surface area contributed by atoms with Crippen molar-refractivity contribution >= 4 is 5.97 Å². The Morgan fingerprint density at radius 1 is 1.55 bits per heavy atom. The second-order valence-corrected chi connectivity index (χ2v) is 3.34. The van der Waals surface area contributed by atoms with Gasteiger partial charge in [0.15, 0.2) is 0 Å². The van der Waals surface area contributed by atoms with Gasteiger partial charge in [-0.1, -0.05) is 20.3 Å². The minimum atomic E-state index is -0.707. The number of carboxylic acid groups (broad SMARTS) is 1. The SMILES string of the molecule is CCC(C)C(C)(C)C(=O)O.[Zn]. The third-order valence-corrected chi connectivity index (χ3v) is 2.40. The maximum absolute atomic E-state index is 10.6. The number of aliphatic carboxylic acids is 1. The van der Waals surface area contributed by atoms with Crippen LogP contribution in [-0.2, 0) is 24.3 Å². The van der Waals surface area contributed by atoms with Gasteiger partial charge in [0.1, 0.15) is 0 Å². The fraction of sp³-hybridized carbons (Fsp3) is 0.875. The van der Waals surface area contributed by atoms with Crippen LogP contribution in [-0.4, -0.2) is 11.1 Å². The number of rotatable bonds is 3. The largest absolute Gasteiger partial charge is 0.481 e. The standard InChI is InChI=1S/C8H16O2.Zn/c1-5-6(2)8(3,4)7(9)10;/h6H,5H2,1-4H3,(H,9,10);. The molecule has 0 aromatic heterocycles. The molecule has 0 aliphatic heterocycles. The molecule has 0 aliphatic rings. The monoisotopic (exact) mass is 208 g/mol. The summed E-state index contributed by atoms with van der Waals surface area (Å²) in [5.41, 5.74) is -0.575. The average molecular weight is 210 g/mol. The molecule has 0 aliphatic carbocycles. The summed E-state index contributed by atoms with van der Waals surface area (Å²) in [6.45, 7) is 7.51. The van der Waals surface area contributed by atoms with Crippen molar-refractivity contribution in [2.24, 2.45) is 11.3 Å². The Hall–Kier alpha value is 0.0934. The van der Waals surface area contributed by atoms with E-state index in [1.807, 2.05) is 13.8 Å². The van der Waals surface area contributed by atoms with Crippen molar-refractivity contribution in [2.75, 3.05) is 0 Å². The first-order valence-electron chi connectivity index (χ1n) is 3.66. The van der Waals surface area contributed by atoms with Gasteiger partial charge in [-0.05, 0) is 19.8 Å². The quantitative estimate of drug-likeness (QED) is 0.723. The first kappa shape index (κ1) is 13.7. The molecule has 0 aromatic carbocycles. The molecule has 0 heterocycles. The molecule has 0 bridgehead atoms. The van der Waals surface area contributed by atoms with Crippen molar-refractivity contribution < 1.29 is 29.4 Å². The van der Waals surface area contributed by atoms with Gasteiger partial charge in [-0.15, -0.1) is 0 Å². The molecule has 0 fully saturated rings. The number of carbonyl (C=O) groups is 1. The van der Waals surface area contributed by atoms with Crippen LogP contribution in [0.25, 0.3) is 0 Å². The molecular weight excluding hydrogens is 193 g/mol. The van der Waals surface area contributed by atoms with E-state index in [0.717, 1.165) is 6.42 Å². The van der Waals surface area contributed by atoms with Crippen molar-refractivity contribution in [3.8, 4) is 0 Å². The van der Waals surface area contributed by atoms with Crippen LogP contribution in [0.2, 0.25) is 0 Å². The van der Waals surface area contributed by atoms with E-state index < -0.39 is 11.4 Å². The summed E-state index contributed by atoms with van der Waals surface area (Å²) >= 11 is 0. The summed E-state index contributed by atoms with van der Waals surface area (Å²) in [5.74, 6) is -0.466. The fourth-order valence-corrected chi connectivity index (χ4v) is 0.721. The molecule has 11 heavy (non-hydrogen) atoms. The van der Waals surface area contributed by atoms with Gasteiger partial charge in [0, 0.05) is 19.5 Å². The molecule has 0 amide bonds. The van der Waals surface area contributed by atoms with E-state index in [2.05, 4.69) is 0 Å². The number of hydrogen-bond acceptors (Lipinski definition) is 1. The van der Waals surface area contributed by atoms with Crippen LogP contribution >= 0.6 is 0 Å². The molecule has 0 saturated carbocycles. The Bertz CT molecular complexity index is 132. The minimum absolute atomic E-state index is 0. The Morgan fingerprint density at radius 3 is 2.00 bits per heavy atom. The van der Waals surface area contributed by atoms with Gasteiger partial charge in [-0.25, -0.2) is 0 Å². The van der Waals surface area contributed by atoms with E-state index in [1.165, 1.54) is 0 Å². The second-order valence-electron chi connectivity index (χ2n) is 3.34. The van der Waals surface area contributed by atoms with Gasteiger partial charge >= 0.3 is 5.97 Å². The van der Waals surface area contributed by atoms with E-state index in [9.17, 15) is 4.79 Å². The maximum Gasteiger partial charge on any atom is 0.309 e. The fourth-order valence-electron chi connectivity index (χ4n) is 0.721. The van der Waals surface area contributed by atoms with Gasteiger partial charge in [0.25, 0.3) is 0 Å². The predicted molar refractivity (Wildman–Crippen MR) is 40.9 cm³/mol. The van der Waals surface area contributed by atoms with Crippen LogP contribution in [0.15, 0.2) is 0 Å².